The van der Waals surface area contributed by atoms with Gasteiger partial charge in [0, 0.05) is 25.7 Å². The number of nitrogens with one attached hydrogen (secondary N) is 1. The number of aromatic nitrogens is 6. The van der Waals surface area contributed by atoms with Crippen molar-refractivity contribution in [3.8, 4) is 34.0 Å². The first kappa shape index (κ1) is 35.5. The minimum atomic E-state index is -4.64. The maximum Gasteiger partial charge on any atom is 0.242 e. The normalized spacial score (nSPS) is 12.6. The van der Waals surface area contributed by atoms with Gasteiger partial charge in [0.25, 0.3) is 0 Å². The molecule has 2 heterocycles. The molecule has 0 unspecified atom stereocenters. The Morgan fingerprint density at radius 1 is 0.863 bits per heavy atom. The Morgan fingerprint density at radius 3 is 2.14 bits per heavy atom. The van der Waals surface area contributed by atoms with Gasteiger partial charge >= 0.3 is 0 Å². The number of anilines is 1. The molecule has 51 heavy (non-hydrogen) atoms. The van der Waals surface area contributed by atoms with Gasteiger partial charge in [0.2, 0.25) is 21.8 Å². The van der Waals surface area contributed by atoms with Crippen LogP contribution in [0.4, 0.5) is 5.95 Å². The van der Waals surface area contributed by atoms with Crippen LogP contribution in [0.25, 0.3) is 33.5 Å². The average Bonchev–Trinajstić information content (AvgIpc) is 3.73. The molecule has 5 N–H and O–H groups in total. The number of sulfonamides is 1. The number of methoxy groups -OCH3 is 2. The Hall–Kier alpha value is -5.36. The molecule has 266 valence electrons. The average molecular weight is 732 g/mol. The predicted octanol–water partition coefficient (Wildman–Crippen LogP) is 3.14. The highest BCUT2D eigenvalue weighted by Crippen LogP contribution is 2.42. The van der Waals surface area contributed by atoms with Gasteiger partial charge in [0.05, 0.1) is 47.5 Å². The number of nitrogens with two attached hydrogens (primary N) is 2. The second-order valence-corrected chi connectivity index (χ2v) is 15.8. The van der Waals surface area contributed by atoms with Crippen molar-refractivity contribution in [3.63, 3.8) is 0 Å². The minimum Gasteiger partial charge on any atom is -0.497 e. The summed E-state index contributed by atoms with van der Waals surface area (Å²) in [7, 11) is -4.10. The first-order valence-corrected chi connectivity index (χ1v) is 18.8. The zero-order valence-electron chi connectivity index (χ0n) is 28.3. The molecule has 0 aliphatic rings. The highest BCUT2D eigenvalue weighted by Gasteiger charge is 2.36. The molecule has 17 heteroatoms. The highest BCUT2D eigenvalue weighted by atomic mass is 32.2. The number of sulfone groups is 1. The van der Waals surface area contributed by atoms with Crippen molar-refractivity contribution < 1.29 is 26.3 Å². The van der Waals surface area contributed by atoms with E-state index in [1.165, 1.54) is 31.0 Å². The molecule has 0 amide bonds. The first-order chi connectivity index (χ1) is 24.4. The van der Waals surface area contributed by atoms with Gasteiger partial charge in [-0.3, -0.25) is 0 Å². The molecule has 2 aromatic heterocycles. The monoisotopic (exact) mass is 731 g/mol. The number of hydrogen-bond acceptors (Lipinski definition) is 12. The second kappa shape index (κ2) is 14.1. The molecule has 6 rings (SSSR count). The number of rotatable bonds is 13. The van der Waals surface area contributed by atoms with E-state index in [0.717, 1.165) is 5.56 Å². The summed E-state index contributed by atoms with van der Waals surface area (Å²) in [5, 5.41) is 12.0. The zero-order chi connectivity index (χ0) is 36.5. The maximum absolute atomic E-state index is 14.6. The zero-order valence-corrected chi connectivity index (χ0v) is 29.9. The standard InChI is InChI=1S/C34H37N9O6S2/c1-21(18-35)50(44,45)29-17-16-26(27-6-5-7-28-31(27)38-34(36)42(28)2)30(32(29)51(46,47)37-19-22-8-12-24(48-3)13-9-22)33-39-41-43(40-33)20-23-10-14-25(49-4)15-11-23/h5-17,21,37H,18-20,35H2,1-4H3,(H2,36,38)/t21-/m1/s1. The first-order valence-electron chi connectivity index (χ1n) is 15.7. The van der Waals surface area contributed by atoms with E-state index in [9.17, 15) is 16.8 Å². The minimum absolute atomic E-state index is 0.0831. The van der Waals surface area contributed by atoms with Gasteiger partial charge in [-0.05, 0) is 65.2 Å². The van der Waals surface area contributed by atoms with Crippen LogP contribution >= 0.6 is 0 Å². The molecule has 0 radical (unpaired) electrons. The Labute approximate surface area is 295 Å². The summed E-state index contributed by atoms with van der Waals surface area (Å²) in [5.74, 6) is 1.37. The lowest BCUT2D eigenvalue weighted by molar-refractivity contribution is 0.414. The van der Waals surface area contributed by atoms with Crippen LogP contribution in [-0.2, 0) is 40.0 Å². The van der Waals surface area contributed by atoms with Gasteiger partial charge in [-0.1, -0.05) is 42.5 Å². The molecule has 1 atom stereocenters. The molecule has 0 aliphatic carbocycles. The number of nitrogen functional groups attached to an aromatic ring is 1. The number of para-hydroxylation sites is 1. The lowest BCUT2D eigenvalue weighted by Crippen LogP contribution is -2.31. The van der Waals surface area contributed by atoms with Gasteiger partial charge in [-0.25, -0.2) is 26.5 Å². The quantitative estimate of drug-likeness (QED) is 0.156. The number of benzene rings is 4. The number of hydrogen-bond donors (Lipinski definition) is 3. The molecule has 4 aromatic carbocycles. The fourth-order valence-electron chi connectivity index (χ4n) is 5.59. The molecule has 6 aromatic rings. The van der Waals surface area contributed by atoms with Gasteiger partial charge in [-0.2, -0.15) is 4.80 Å². The summed E-state index contributed by atoms with van der Waals surface area (Å²) in [5.41, 5.74) is 15.3. The molecule has 0 saturated heterocycles. The summed E-state index contributed by atoms with van der Waals surface area (Å²) in [4.78, 5) is 4.85. The number of tetrazole rings is 1. The van der Waals surface area contributed by atoms with E-state index in [4.69, 9.17) is 20.9 Å². The van der Waals surface area contributed by atoms with Crippen molar-refractivity contribution in [2.45, 2.75) is 35.1 Å². The van der Waals surface area contributed by atoms with Crippen molar-refractivity contribution >= 4 is 36.8 Å². The number of nitrogens with zero attached hydrogens (tertiary/aromatic N) is 6. The SMILES string of the molecule is COc1ccc(CNS(=O)(=O)c2c(S(=O)(=O)[C@H](C)CN)ccc(-c3cccc4c3nc(N)n4C)c2-c2nnn(Cc3ccc(OC)cc3)n2)cc1. The summed E-state index contributed by atoms with van der Waals surface area (Å²) < 4.78 is 72.1. The van der Waals surface area contributed by atoms with E-state index in [2.05, 4.69) is 25.1 Å². The largest absolute Gasteiger partial charge is 0.497 e. The third kappa shape index (κ3) is 6.88. The molecule has 15 nitrogen and oxygen atoms in total. The van der Waals surface area contributed by atoms with Gasteiger partial charge in [-0.15, -0.1) is 10.2 Å². The highest BCUT2D eigenvalue weighted by molar-refractivity contribution is 7.94. The van der Waals surface area contributed by atoms with Crippen molar-refractivity contribution in [2.75, 3.05) is 26.5 Å². The van der Waals surface area contributed by atoms with Crippen molar-refractivity contribution in [2.24, 2.45) is 12.8 Å². The fourth-order valence-corrected chi connectivity index (χ4v) is 8.88. The Bertz CT molecular complexity index is 2430. The smallest absolute Gasteiger partial charge is 0.242 e. The lowest BCUT2D eigenvalue weighted by atomic mass is 9.98. The van der Waals surface area contributed by atoms with Crippen LogP contribution in [0.1, 0.15) is 18.1 Å². The number of ether oxygens (including phenoxy) is 2. The third-order valence-electron chi connectivity index (χ3n) is 8.58. The molecular formula is C34H37N9O6S2. The van der Waals surface area contributed by atoms with Gasteiger partial charge in [0.1, 0.15) is 16.4 Å². The Balaban J connectivity index is 1.60. The van der Waals surface area contributed by atoms with E-state index in [1.807, 2.05) is 18.2 Å². The molecule has 0 spiro atoms. The van der Waals surface area contributed by atoms with E-state index in [0.29, 0.717) is 39.2 Å². The van der Waals surface area contributed by atoms with E-state index in [-0.39, 0.29) is 37.0 Å². The second-order valence-electron chi connectivity index (χ2n) is 11.8. The number of aryl methyl sites for hydroxylation is 1. The van der Waals surface area contributed by atoms with Crippen LogP contribution < -0.4 is 25.7 Å². The van der Waals surface area contributed by atoms with Crippen molar-refractivity contribution in [3.05, 3.63) is 90.0 Å². The Morgan fingerprint density at radius 2 is 1.51 bits per heavy atom. The summed E-state index contributed by atoms with van der Waals surface area (Å²) in [6.45, 7) is 1.19. The molecule has 0 aliphatic heterocycles. The van der Waals surface area contributed by atoms with Crippen molar-refractivity contribution in [1.82, 2.24) is 34.5 Å². The molecule has 0 bridgehead atoms. The van der Waals surface area contributed by atoms with E-state index >= 15 is 0 Å². The summed E-state index contributed by atoms with van der Waals surface area (Å²) in [6.07, 6.45) is 0. The van der Waals surface area contributed by atoms with Crippen LogP contribution in [0, 0.1) is 0 Å². The molecule has 0 saturated carbocycles. The predicted molar refractivity (Wildman–Crippen MR) is 192 cm³/mol. The molecular weight excluding hydrogens is 695 g/mol. The summed E-state index contributed by atoms with van der Waals surface area (Å²) in [6, 6.07) is 22.2. The number of imidazole rings is 1. The fraction of sp³-hybridized carbons (Fsp3) is 0.235. The van der Waals surface area contributed by atoms with Crippen LogP contribution in [0.5, 0.6) is 11.5 Å². The van der Waals surface area contributed by atoms with Crippen LogP contribution in [-0.4, -0.2) is 72.6 Å². The summed E-state index contributed by atoms with van der Waals surface area (Å²) >= 11 is 0. The molecule has 0 fully saturated rings. The van der Waals surface area contributed by atoms with E-state index < -0.39 is 34.9 Å². The topological polar surface area (TPSA) is 212 Å². The van der Waals surface area contributed by atoms with E-state index in [1.54, 1.807) is 67.3 Å². The van der Waals surface area contributed by atoms with Gasteiger partial charge in [0.15, 0.2) is 9.84 Å². The van der Waals surface area contributed by atoms with Gasteiger partial charge < -0.3 is 25.5 Å². The third-order valence-corrected chi connectivity index (χ3v) is 12.4. The number of fused-ring (bicyclic) bond motifs is 1. The van der Waals surface area contributed by atoms with Crippen LogP contribution in [0.3, 0.4) is 0 Å². The van der Waals surface area contributed by atoms with Crippen LogP contribution in [0.15, 0.2) is 88.7 Å². The lowest BCUT2D eigenvalue weighted by Gasteiger charge is -2.20. The van der Waals surface area contributed by atoms with Crippen LogP contribution in [0.2, 0.25) is 0 Å². The Kier molecular flexibility index (Phi) is 9.81. The maximum atomic E-state index is 14.6. The van der Waals surface area contributed by atoms with Crippen molar-refractivity contribution in [1.29, 1.82) is 0 Å².